The highest BCUT2D eigenvalue weighted by molar-refractivity contribution is 6.31. The van der Waals surface area contributed by atoms with Gasteiger partial charge in [0.15, 0.2) is 0 Å². The van der Waals surface area contributed by atoms with Crippen LogP contribution in [0.3, 0.4) is 0 Å². The van der Waals surface area contributed by atoms with Crippen LogP contribution < -0.4 is 10.2 Å². The number of pyridine rings is 1. The Morgan fingerprint density at radius 1 is 1.15 bits per heavy atom. The van der Waals surface area contributed by atoms with Gasteiger partial charge >= 0.3 is 0 Å². The average molecular weight is 368 g/mol. The van der Waals surface area contributed by atoms with Crippen LogP contribution in [0.4, 0.5) is 21.6 Å². The maximum atomic E-state index is 13.3. The lowest BCUT2D eigenvalue weighted by molar-refractivity contribution is 0.0989. The molecule has 1 aliphatic rings. The SMILES string of the molecule is O=C(c1ccnc(Nc2ccc(F)c(Cl)c2)c1)N1CCc2ccccc21. The molecule has 0 saturated carbocycles. The molecule has 0 spiro atoms. The number of fused-ring (bicyclic) bond motifs is 1. The van der Waals surface area contributed by atoms with Crippen molar-refractivity contribution in [2.45, 2.75) is 6.42 Å². The number of nitrogens with one attached hydrogen (secondary N) is 1. The molecule has 130 valence electrons. The maximum Gasteiger partial charge on any atom is 0.258 e. The Morgan fingerprint density at radius 3 is 2.85 bits per heavy atom. The third kappa shape index (κ3) is 3.13. The highest BCUT2D eigenvalue weighted by Crippen LogP contribution is 2.29. The molecular weight excluding hydrogens is 353 g/mol. The van der Waals surface area contributed by atoms with Crippen LogP contribution in [0.15, 0.2) is 60.8 Å². The summed E-state index contributed by atoms with van der Waals surface area (Å²) in [5, 5.41) is 3.07. The number of amides is 1. The first-order chi connectivity index (χ1) is 12.6. The highest BCUT2D eigenvalue weighted by atomic mass is 35.5. The van der Waals surface area contributed by atoms with E-state index in [1.54, 1.807) is 29.3 Å². The van der Waals surface area contributed by atoms with E-state index in [-0.39, 0.29) is 10.9 Å². The van der Waals surface area contributed by atoms with Crippen LogP contribution in [0.5, 0.6) is 0 Å². The van der Waals surface area contributed by atoms with Crippen molar-refractivity contribution in [2.24, 2.45) is 0 Å². The van der Waals surface area contributed by atoms with E-state index in [0.29, 0.717) is 23.6 Å². The third-order valence-electron chi connectivity index (χ3n) is 4.33. The molecule has 2 heterocycles. The standard InChI is InChI=1S/C20H15ClFN3O/c21-16-12-15(5-6-17(16)22)24-19-11-14(7-9-23-19)20(26)25-10-8-13-3-1-2-4-18(13)25/h1-7,9,11-12H,8,10H2,(H,23,24). The predicted molar refractivity (Wildman–Crippen MR) is 101 cm³/mol. The fourth-order valence-electron chi connectivity index (χ4n) is 3.06. The highest BCUT2D eigenvalue weighted by Gasteiger charge is 2.25. The molecule has 3 aromatic rings. The van der Waals surface area contributed by atoms with Crippen molar-refractivity contribution in [2.75, 3.05) is 16.8 Å². The lowest BCUT2D eigenvalue weighted by Crippen LogP contribution is -2.28. The van der Waals surface area contributed by atoms with Crippen LogP contribution in [0.1, 0.15) is 15.9 Å². The largest absolute Gasteiger partial charge is 0.340 e. The Hall–Kier alpha value is -2.92. The molecule has 6 heteroatoms. The number of halogens is 2. The number of aromatic nitrogens is 1. The van der Waals surface area contributed by atoms with Gasteiger partial charge in [0.05, 0.1) is 5.02 Å². The lowest BCUT2D eigenvalue weighted by atomic mass is 10.1. The number of benzene rings is 2. The molecule has 1 amide bonds. The molecule has 0 saturated heterocycles. The zero-order valence-corrected chi connectivity index (χ0v) is 14.5. The number of nitrogens with zero attached hydrogens (tertiary/aromatic N) is 2. The molecule has 2 aromatic carbocycles. The topological polar surface area (TPSA) is 45.2 Å². The van der Waals surface area contributed by atoms with Gasteiger partial charge in [-0.1, -0.05) is 29.8 Å². The van der Waals surface area contributed by atoms with E-state index < -0.39 is 5.82 Å². The van der Waals surface area contributed by atoms with Gasteiger partial charge in [-0.25, -0.2) is 9.37 Å². The van der Waals surface area contributed by atoms with Crippen molar-refractivity contribution in [1.29, 1.82) is 0 Å². The summed E-state index contributed by atoms with van der Waals surface area (Å²) in [5.74, 6) is -0.0645. The molecule has 0 bridgehead atoms. The van der Waals surface area contributed by atoms with Crippen LogP contribution in [0, 0.1) is 5.82 Å². The molecule has 1 N–H and O–H groups in total. The molecule has 0 fully saturated rings. The minimum absolute atomic E-state index is 0.0240. The molecule has 26 heavy (non-hydrogen) atoms. The second-order valence-electron chi connectivity index (χ2n) is 6.02. The van der Waals surface area contributed by atoms with Crippen molar-refractivity contribution < 1.29 is 9.18 Å². The van der Waals surface area contributed by atoms with E-state index in [2.05, 4.69) is 10.3 Å². The van der Waals surface area contributed by atoms with Crippen LogP contribution in [0.25, 0.3) is 0 Å². The Morgan fingerprint density at radius 2 is 2.00 bits per heavy atom. The smallest absolute Gasteiger partial charge is 0.258 e. The molecule has 4 nitrogen and oxygen atoms in total. The van der Waals surface area contributed by atoms with Crippen LogP contribution in [0.2, 0.25) is 5.02 Å². The monoisotopic (exact) mass is 367 g/mol. The van der Waals surface area contributed by atoms with Crippen LogP contribution >= 0.6 is 11.6 Å². The lowest BCUT2D eigenvalue weighted by Gasteiger charge is -2.17. The van der Waals surface area contributed by atoms with Crippen LogP contribution in [-0.2, 0) is 6.42 Å². The van der Waals surface area contributed by atoms with Crippen molar-refractivity contribution in [3.63, 3.8) is 0 Å². The molecule has 0 atom stereocenters. The fourth-order valence-corrected chi connectivity index (χ4v) is 3.24. The molecule has 0 aliphatic carbocycles. The summed E-state index contributed by atoms with van der Waals surface area (Å²) in [4.78, 5) is 18.9. The first kappa shape index (κ1) is 16.5. The maximum absolute atomic E-state index is 13.3. The first-order valence-corrected chi connectivity index (χ1v) is 8.57. The molecule has 0 unspecified atom stereocenters. The Bertz CT molecular complexity index is 992. The van der Waals surface area contributed by atoms with Gasteiger partial charge in [0.2, 0.25) is 0 Å². The van der Waals surface area contributed by atoms with Gasteiger partial charge in [-0.05, 0) is 48.4 Å². The van der Waals surface area contributed by atoms with Crippen LogP contribution in [-0.4, -0.2) is 17.4 Å². The van der Waals surface area contributed by atoms with Crippen molar-refractivity contribution in [3.8, 4) is 0 Å². The van der Waals surface area contributed by atoms with E-state index in [1.165, 1.54) is 17.7 Å². The minimum atomic E-state index is -0.484. The first-order valence-electron chi connectivity index (χ1n) is 8.20. The average Bonchev–Trinajstić information content (AvgIpc) is 3.08. The Labute approximate surface area is 155 Å². The second-order valence-corrected chi connectivity index (χ2v) is 6.43. The number of anilines is 3. The van der Waals surface area contributed by atoms with Crippen molar-refractivity contribution >= 4 is 34.7 Å². The summed E-state index contributed by atoms with van der Waals surface area (Å²) in [6.07, 6.45) is 2.43. The number of hydrogen-bond donors (Lipinski definition) is 1. The summed E-state index contributed by atoms with van der Waals surface area (Å²) in [5.41, 5.74) is 3.26. The minimum Gasteiger partial charge on any atom is -0.340 e. The number of para-hydroxylation sites is 1. The number of carbonyl (C=O) groups is 1. The van der Waals surface area contributed by atoms with E-state index >= 15 is 0 Å². The van der Waals surface area contributed by atoms with Crippen molar-refractivity contribution in [1.82, 2.24) is 4.98 Å². The zero-order valence-electron chi connectivity index (χ0n) is 13.7. The van der Waals surface area contributed by atoms with E-state index in [9.17, 15) is 9.18 Å². The number of hydrogen-bond acceptors (Lipinski definition) is 3. The Kier molecular flexibility index (Phi) is 4.31. The predicted octanol–water partition coefficient (Wildman–Crippen LogP) is 4.82. The summed E-state index contributed by atoms with van der Waals surface area (Å²) >= 11 is 5.80. The normalized spacial score (nSPS) is 12.8. The van der Waals surface area contributed by atoms with Gasteiger partial charge in [-0.15, -0.1) is 0 Å². The zero-order chi connectivity index (χ0) is 18.1. The van der Waals surface area contributed by atoms with Gasteiger partial charge < -0.3 is 10.2 Å². The Balaban J connectivity index is 1.58. The summed E-state index contributed by atoms with van der Waals surface area (Å²) in [7, 11) is 0. The number of carbonyl (C=O) groups excluding carboxylic acids is 1. The van der Waals surface area contributed by atoms with Gasteiger partial charge in [-0.3, -0.25) is 4.79 Å². The van der Waals surface area contributed by atoms with Gasteiger partial charge in [0.25, 0.3) is 5.91 Å². The fraction of sp³-hybridized carbons (Fsp3) is 0.100. The second kappa shape index (κ2) is 6.77. The molecular formula is C20H15ClFN3O. The van der Waals surface area contributed by atoms with Gasteiger partial charge in [0, 0.05) is 29.7 Å². The molecule has 1 aromatic heterocycles. The summed E-state index contributed by atoms with van der Waals surface area (Å²) < 4.78 is 13.3. The third-order valence-corrected chi connectivity index (χ3v) is 4.62. The molecule has 0 radical (unpaired) electrons. The van der Waals surface area contributed by atoms with Gasteiger partial charge in [-0.2, -0.15) is 0 Å². The quantitative estimate of drug-likeness (QED) is 0.721. The molecule has 1 aliphatic heterocycles. The summed E-state index contributed by atoms with van der Waals surface area (Å²) in [6, 6.07) is 15.6. The van der Waals surface area contributed by atoms with E-state index in [0.717, 1.165) is 12.1 Å². The van der Waals surface area contributed by atoms with Gasteiger partial charge in [0.1, 0.15) is 11.6 Å². The van der Waals surface area contributed by atoms with E-state index in [1.807, 2.05) is 24.3 Å². The van der Waals surface area contributed by atoms with Crippen molar-refractivity contribution in [3.05, 3.63) is 82.8 Å². The summed E-state index contributed by atoms with van der Waals surface area (Å²) in [6.45, 7) is 0.664. The molecule has 4 rings (SSSR count). The van der Waals surface area contributed by atoms with E-state index in [4.69, 9.17) is 11.6 Å². The number of rotatable bonds is 3.